The van der Waals surface area contributed by atoms with Crippen molar-refractivity contribution in [1.29, 1.82) is 0 Å². The minimum absolute atomic E-state index is 0.220. The van der Waals surface area contributed by atoms with E-state index in [0.29, 0.717) is 38.2 Å². The first kappa shape index (κ1) is 22.5. The first-order chi connectivity index (χ1) is 16.5. The highest BCUT2D eigenvalue weighted by Gasteiger charge is 2.31. The van der Waals surface area contributed by atoms with Gasteiger partial charge in [0.25, 0.3) is 11.8 Å². The van der Waals surface area contributed by atoms with Crippen LogP contribution >= 0.6 is 22.9 Å². The predicted molar refractivity (Wildman–Crippen MR) is 135 cm³/mol. The number of anilines is 1. The van der Waals surface area contributed by atoms with Crippen LogP contribution in [0, 0.1) is 0 Å². The van der Waals surface area contributed by atoms with E-state index in [2.05, 4.69) is 5.32 Å². The van der Waals surface area contributed by atoms with E-state index in [4.69, 9.17) is 11.6 Å². The van der Waals surface area contributed by atoms with Crippen molar-refractivity contribution in [2.45, 2.75) is 22.9 Å². The lowest BCUT2D eigenvalue weighted by atomic mass is 10.1. The van der Waals surface area contributed by atoms with Crippen LogP contribution in [0.15, 0.2) is 94.0 Å². The summed E-state index contributed by atoms with van der Waals surface area (Å²) in [7, 11) is -1.58. The number of carbonyl (C=O) groups excluding carboxylic acids is 2. The zero-order valence-electron chi connectivity index (χ0n) is 17.9. The minimum Gasteiger partial charge on any atom is -0.347 e. The number of hydrogen-bond donors (Lipinski definition) is 1. The van der Waals surface area contributed by atoms with Gasteiger partial charge in [-0.05, 0) is 59.5 Å². The lowest BCUT2D eigenvalue weighted by molar-refractivity contribution is 0.0947. The summed E-state index contributed by atoms with van der Waals surface area (Å²) >= 11 is 7.74. The number of thiophene rings is 1. The second kappa shape index (κ2) is 9.54. The van der Waals surface area contributed by atoms with E-state index in [1.807, 2.05) is 29.6 Å². The van der Waals surface area contributed by atoms with Gasteiger partial charge in [0.2, 0.25) is 0 Å². The number of nitrogens with one attached hydrogen (secondary N) is 1. The third kappa shape index (κ3) is 4.42. The van der Waals surface area contributed by atoms with Crippen LogP contribution in [-0.4, -0.2) is 16.0 Å². The van der Waals surface area contributed by atoms with Crippen molar-refractivity contribution in [2.75, 3.05) is 4.90 Å². The van der Waals surface area contributed by atoms with Crippen molar-refractivity contribution in [1.82, 2.24) is 5.32 Å². The van der Waals surface area contributed by atoms with Gasteiger partial charge in [0.1, 0.15) is 0 Å². The molecule has 8 heteroatoms. The first-order valence-corrected chi connectivity index (χ1v) is 12.9. The third-order valence-corrected chi connectivity index (χ3v) is 8.12. The van der Waals surface area contributed by atoms with Crippen molar-refractivity contribution < 1.29 is 13.8 Å². The van der Waals surface area contributed by atoms with E-state index in [1.54, 1.807) is 70.8 Å². The molecular formula is C26H19ClN2O3S2. The van der Waals surface area contributed by atoms with Crippen molar-refractivity contribution in [3.63, 3.8) is 0 Å². The molecule has 1 aliphatic heterocycles. The van der Waals surface area contributed by atoms with Crippen LogP contribution in [-0.2, 0) is 23.9 Å². The molecule has 34 heavy (non-hydrogen) atoms. The number of halogens is 1. The van der Waals surface area contributed by atoms with Gasteiger partial charge in [-0.3, -0.25) is 9.59 Å². The van der Waals surface area contributed by atoms with E-state index in [9.17, 15) is 13.8 Å². The fourth-order valence-electron chi connectivity index (χ4n) is 3.86. The molecule has 1 aromatic heterocycles. The molecule has 0 bridgehead atoms. The second-order valence-electron chi connectivity index (χ2n) is 7.73. The Labute approximate surface area is 208 Å². The molecule has 1 N–H and O–H groups in total. The summed E-state index contributed by atoms with van der Waals surface area (Å²) in [6.07, 6.45) is 0. The molecule has 0 saturated carbocycles. The summed E-state index contributed by atoms with van der Waals surface area (Å²) in [6.45, 7) is 0.633. The van der Waals surface area contributed by atoms with E-state index in [1.165, 1.54) is 0 Å². The Bertz CT molecular complexity index is 1420. The van der Waals surface area contributed by atoms with Crippen LogP contribution in [0.5, 0.6) is 0 Å². The molecule has 1 atom stereocenters. The van der Waals surface area contributed by atoms with Gasteiger partial charge in [-0.25, -0.2) is 4.21 Å². The predicted octanol–water partition coefficient (Wildman–Crippen LogP) is 5.66. The van der Waals surface area contributed by atoms with Gasteiger partial charge >= 0.3 is 0 Å². The molecule has 0 aliphatic carbocycles. The Kier molecular flexibility index (Phi) is 6.32. The molecule has 170 valence electrons. The fraction of sp³-hybridized carbons (Fsp3) is 0.0769. The highest BCUT2D eigenvalue weighted by molar-refractivity contribution is 7.85. The van der Waals surface area contributed by atoms with E-state index in [0.717, 1.165) is 10.4 Å². The molecule has 1 aliphatic rings. The topological polar surface area (TPSA) is 66.5 Å². The van der Waals surface area contributed by atoms with Crippen LogP contribution in [0.1, 0.15) is 31.2 Å². The Morgan fingerprint density at radius 3 is 2.62 bits per heavy atom. The van der Waals surface area contributed by atoms with Crippen molar-refractivity contribution in [3.05, 3.63) is 111 Å². The number of fused-ring (bicyclic) bond motifs is 2. The molecular weight excluding hydrogens is 488 g/mol. The second-order valence-corrected chi connectivity index (χ2v) is 10.6. The number of carbonyl (C=O) groups is 2. The van der Waals surface area contributed by atoms with E-state index < -0.39 is 10.8 Å². The van der Waals surface area contributed by atoms with Crippen molar-refractivity contribution in [2.24, 2.45) is 0 Å². The standard InChI is InChI=1S/C26H19ClN2O3S2/c27-19-6-3-5-17(13-19)16-29-22-14-18(25(30)28-15-20-7-4-12-33-20)10-11-24(22)34(32)23-9-2-1-8-21(23)26(29)31/h1-14H,15-16H2,(H,28,30)/t34-/m0/s1. The molecule has 3 aromatic carbocycles. The largest absolute Gasteiger partial charge is 0.347 e. The summed E-state index contributed by atoms with van der Waals surface area (Å²) in [5.74, 6) is -0.544. The summed E-state index contributed by atoms with van der Waals surface area (Å²) in [5, 5.41) is 5.43. The van der Waals surface area contributed by atoms with E-state index in [-0.39, 0.29) is 18.4 Å². The zero-order valence-corrected chi connectivity index (χ0v) is 20.3. The SMILES string of the molecule is O=C(NCc1cccs1)c1ccc2c(c1)N(Cc1cccc(Cl)c1)C(=O)c1ccccc1[S@@]2=O. The lowest BCUT2D eigenvalue weighted by Crippen LogP contribution is -2.31. The van der Waals surface area contributed by atoms with Gasteiger partial charge in [-0.15, -0.1) is 11.3 Å². The van der Waals surface area contributed by atoms with Crippen LogP contribution in [0.25, 0.3) is 0 Å². The monoisotopic (exact) mass is 506 g/mol. The van der Waals surface area contributed by atoms with E-state index >= 15 is 0 Å². The molecule has 2 amide bonds. The van der Waals surface area contributed by atoms with Gasteiger partial charge < -0.3 is 10.2 Å². The molecule has 0 fully saturated rings. The molecule has 0 spiro atoms. The first-order valence-electron chi connectivity index (χ1n) is 10.5. The molecule has 4 aromatic rings. The quantitative estimate of drug-likeness (QED) is 0.380. The van der Waals surface area contributed by atoms with Gasteiger partial charge in [0.05, 0.1) is 44.9 Å². The molecule has 0 saturated heterocycles. The third-order valence-electron chi connectivity index (χ3n) is 5.51. The summed E-state index contributed by atoms with van der Waals surface area (Å²) in [4.78, 5) is 30.1. The number of nitrogens with zero attached hydrogens (tertiary/aromatic N) is 1. The Hall–Kier alpha value is -3.26. The number of amides is 2. The average molecular weight is 507 g/mol. The van der Waals surface area contributed by atoms with Crippen LogP contribution < -0.4 is 10.2 Å². The smallest absolute Gasteiger partial charge is 0.259 e. The van der Waals surface area contributed by atoms with Gasteiger partial charge in [0.15, 0.2) is 0 Å². The number of rotatable bonds is 5. The lowest BCUT2D eigenvalue weighted by Gasteiger charge is -2.23. The Morgan fingerprint density at radius 1 is 0.971 bits per heavy atom. The maximum atomic E-state index is 13.7. The average Bonchev–Trinajstić information content (AvgIpc) is 3.36. The minimum atomic E-state index is -1.58. The highest BCUT2D eigenvalue weighted by Crippen LogP contribution is 2.36. The molecule has 0 radical (unpaired) electrons. The molecule has 0 unspecified atom stereocenters. The summed E-state index contributed by atoms with van der Waals surface area (Å²) in [6, 6.07) is 23.0. The van der Waals surface area contributed by atoms with Gasteiger partial charge in [0, 0.05) is 15.5 Å². The van der Waals surface area contributed by atoms with Crippen molar-refractivity contribution in [3.8, 4) is 0 Å². The Morgan fingerprint density at radius 2 is 1.82 bits per heavy atom. The molecule has 5 nitrogen and oxygen atoms in total. The van der Waals surface area contributed by atoms with Crippen LogP contribution in [0.4, 0.5) is 5.69 Å². The number of benzene rings is 3. The molecule has 2 heterocycles. The Balaban J connectivity index is 1.57. The summed E-state index contributed by atoms with van der Waals surface area (Å²) in [5.41, 5.74) is 2.04. The number of hydrogen-bond acceptors (Lipinski definition) is 4. The maximum Gasteiger partial charge on any atom is 0.259 e. The van der Waals surface area contributed by atoms with Crippen LogP contribution in [0.2, 0.25) is 5.02 Å². The highest BCUT2D eigenvalue weighted by atomic mass is 35.5. The van der Waals surface area contributed by atoms with Gasteiger partial charge in [-0.1, -0.05) is 41.9 Å². The summed E-state index contributed by atoms with van der Waals surface area (Å²) < 4.78 is 13.5. The van der Waals surface area contributed by atoms with Crippen LogP contribution in [0.3, 0.4) is 0 Å². The zero-order chi connectivity index (χ0) is 23.7. The van der Waals surface area contributed by atoms with Crippen molar-refractivity contribution >= 4 is 51.2 Å². The van der Waals surface area contributed by atoms with Gasteiger partial charge in [-0.2, -0.15) is 0 Å². The molecule has 5 rings (SSSR count). The normalized spacial score (nSPS) is 14.8. The fourth-order valence-corrected chi connectivity index (χ4v) is 6.06. The maximum absolute atomic E-state index is 13.7.